The fourth-order valence-electron chi connectivity index (χ4n) is 3.42. The molecule has 0 radical (unpaired) electrons. The van der Waals surface area contributed by atoms with E-state index in [1.54, 1.807) is 0 Å². The maximum absolute atomic E-state index is 11.0. The first-order chi connectivity index (χ1) is 9.18. The molecule has 1 aliphatic heterocycles. The van der Waals surface area contributed by atoms with Gasteiger partial charge in [0.1, 0.15) is 0 Å². The predicted octanol–water partition coefficient (Wildman–Crippen LogP) is 3.16. The van der Waals surface area contributed by atoms with Crippen LogP contribution in [0.2, 0.25) is 0 Å². The van der Waals surface area contributed by atoms with Crippen LogP contribution in [-0.4, -0.2) is 18.2 Å². The molecule has 2 aliphatic rings. The van der Waals surface area contributed by atoms with Crippen molar-refractivity contribution in [2.24, 2.45) is 5.92 Å². The van der Waals surface area contributed by atoms with Crippen molar-refractivity contribution in [1.29, 1.82) is 0 Å². The second kappa shape index (κ2) is 5.26. The minimum Gasteiger partial charge on any atom is -0.385 e. The molecule has 2 N–H and O–H groups in total. The summed E-state index contributed by atoms with van der Waals surface area (Å²) in [6, 6.07) is 8.69. The minimum absolute atomic E-state index is 0.331. The normalized spacial score (nSPS) is 27.6. The van der Waals surface area contributed by atoms with Gasteiger partial charge in [0, 0.05) is 12.5 Å². The van der Waals surface area contributed by atoms with Crippen molar-refractivity contribution in [2.45, 2.75) is 50.5 Å². The predicted molar refractivity (Wildman–Crippen MR) is 78.2 cm³/mol. The summed E-state index contributed by atoms with van der Waals surface area (Å²) in [5.74, 6) is 1.07. The number of piperidine rings is 1. The van der Waals surface area contributed by atoms with Crippen LogP contribution in [0, 0.1) is 5.92 Å². The van der Waals surface area contributed by atoms with Crippen LogP contribution in [0.4, 0.5) is 0 Å². The fourth-order valence-corrected chi connectivity index (χ4v) is 3.42. The highest BCUT2D eigenvalue weighted by molar-refractivity contribution is 5.31. The largest absolute Gasteiger partial charge is 0.385 e. The highest BCUT2D eigenvalue weighted by Gasteiger charge is 2.35. The summed E-state index contributed by atoms with van der Waals surface area (Å²) in [5, 5.41) is 14.4. The molecule has 2 unspecified atom stereocenters. The highest BCUT2D eigenvalue weighted by atomic mass is 16.3. The van der Waals surface area contributed by atoms with E-state index in [1.165, 1.54) is 31.2 Å². The number of nitrogens with one attached hydrogen (secondary N) is 1. The van der Waals surface area contributed by atoms with Crippen LogP contribution in [0.15, 0.2) is 24.3 Å². The molecular weight excluding hydrogens is 234 g/mol. The van der Waals surface area contributed by atoms with E-state index in [2.05, 4.69) is 29.6 Å². The Bertz CT molecular complexity index is 431. The van der Waals surface area contributed by atoms with Crippen molar-refractivity contribution < 1.29 is 5.11 Å². The first-order valence-electron chi connectivity index (χ1n) is 7.71. The molecule has 3 rings (SSSR count). The van der Waals surface area contributed by atoms with Crippen LogP contribution < -0.4 is 5.32 Å². The Balaban J connectivity index is 1.82. The summed E-state index contributed by atoms with van der Waals surface area (Å²) in [4.78, 5) is 0. The third-order valence-corrected chi connectivity index (χ3v) is 5.14. The summed E-state index contributed by atoms with van der Waals surface area (Å²) >= 11 is 0. The molecule has 0 aromatic heterocycles. The fraction of sp³-hybridized carbons (Fsp3) is 0.647. The van der Waals surface area contributed by atoms with Crippen LogP contribution in [0.1, 0.15) is 56.1 Å². The van der Waals surface area contributed by atoms with Crippen molar-refractivity contribution in [2.75, 3.05) is 13.1 Å². The Hall–Kier alpha value is -0.860. The van der Waals surface area contributed by atoms with Gasteiger partial charge in [-0.2, -0.15) is 0 Å². The lowest BCUT2D eigenvalue weighted by Gasteiger charge is -2.37. The average Bonchev–Trinajstić information content (AvgIpc) is 2.38. The molecule has 1 heterocycles. The van der Waals surface area contributed by atoms with E-state index in [0.29, 0.717) is 5.92 Å². The van der Waals surface area contributed by atoms with Gasteiger partial charge in [0.05, 0.1) is 5.60 Å². The molecule has 1 aromatic rings. The van der Waals surface area contributed by atoms with Crippen molar-refractivity contribution >= 4 is 0 Å². The zero-order chi connectivity index (χ0) is 13.3. The summed E-state index contributed by atoms with van der Waals surface area (Å²) in [6.45, 7) is 4.01. The van der Waals surface area contributed by atoms with Crippen molar-refractivity contribution in [3.63, 3.8) is 0 Å². The standard InChI is InChI=1S/C17H25NO/c1-17(19,16-9-4-10-18-12-16)15-8-3-7-14(11-15)13-5-2-6-13/h3,7-8,11,13,16,18-19H,2,4-6,9-10,12H2,1H3. The van der Waals surface area contributed by atoms with Gasteiger partial charge < -0.3 is 10.4 Å². The van der Waals surface area contributed by atoms with Crippen molar-refractivity contribution in [3.8, 4) is 0 Å². The third-order valence-electron chi connectivity index (χ3n) is 5.14. The molecule has 2 heteroatoms. The third kappa shape index (κ3) is 2.56. The molecule has 1 saturated carbocycles. The van der Waals surface area contributed by atoms with Gasteiger partial charge in [0.2, 0.25) is 0 Å². The smallest absolute Gasteiger partial charge is 0.0908 e. The van der Waals surface area contributed by atoms with E-state index in [9.17, 15) is 5.11 Å². The van der Waals surface area contributed by atoms with Gasteiger partial charge in [0.15, 0.2) is 0 Å². The maximum Gasteiger partial charge on any atom is 0.0908 e. The van der Waals surface area contributed by atoms with E-state index in [0.717, 1.165) is 31.0 Å². The zero-order valence-electron chi connectivity index (χ0n) is 11.9. The van der Waals surface area contributed by atoms with E-state index >= 15 is 0 Å². The van der Waals surface area contributed by atoms with Crippen molar-refractivity contribution in [3.05, 3.63) is 35.4 Å². The first-order valence-corrected chi connectivity index (χ1v) is 7.71. The Morgan fingerprint density at radius 1 is 1.21 bits per heavy atom. The number of benzene rings is 1. The minimum atomic E-state index is -0.701. The molecule has 0 bridgehead atoms. The lowest BCUT2D eigenvalue weighted by molar-refractivity contribution is -0.0157. The lowest BCUT2D eigenvalue weighted by atomic mass is 9.75. The summed E-state index contributed by atoms with van der Waals surface area (Å²) in [7, 11) is 0. The quantitative estimate of drug-likeness (QED) is 0.874. The van der Waals surface area contributed by atoms with Gasteiger partial charge in [-0.25, -0.2) is 0 Å². The van der Waals surface area contributed by atoms with E-state index < -0.39 is 5.60 Å². The SMILES string of the molecule is CC(O)(c1cccc(C2CCC2)c1)C1CCCNC1. The molecular formula is C17H25NO. The van der Waals surface area contributed by atoms with E-state index in [-0.39, 0.29) is 0 Å². The van der Waals surface area contributed by atoms with Crippen LogP contribution in [-0.2, 0) is 5.60 Å². The Morgan fingerprint density at radius 3 is 2.68 bits per heavy atom. The highest BCUT2D eigenvalue weighted by Crippen LogP contribution is 2.39. The lowest BCUT2D eigenvalue weighted by Crippen LogP contribution is -2.42. The molecule has 0 amide bonds. The van der Waals surface area contributed by atoms with Crippen LogP contribution in [0.5, 0.6) is 0 Å². The summed E-state index contributed by atoms with van der Waals surface area (Å²) < 4.78 is 0. The van der Waals surface area contributed by atoms with Crippen LogP contribution >= 0.6 is 0 Å². The van der Waals surface area contributed by atoms with Gasteiger partial charge in [-0.05, 0) is 56.2 Å². The molecule has 104 valence electrons. The average molecular weight is 259 g/mol. The second-order valence-corrected chi connectivity index (χ2v) is 6.44. The first kappa shape index (κ1) is 13.1. The second-order valence-electron chi connectivity index (χ2n) is 6.44. The van der Waals surface area contributed by atoms with Gasteiger partial charge in [-0.3, -0.25) is 0 Å². The summed E-state index contributed by atoms with van der Waals surface area (Å²) in [5.41, 5.74) is 1.83. The number of hydrogen-bond acceptors (Lipinski definition) is 2. The molecule has 1 saturated heterocycles. The number of aliphatic hydroxyl groups is 1. The molecule has 2 nitrogen and oxygen atoms in total. The van der Waals surface area contributed by atoms with E-state index in [1.807, 2.05) is 6.92 Å². The molecule has 2 fully saturated rings. The molecule has 19 heavy (non-hydrogen) atoms. The summed E-state index contributed by atoms with van der Waals surface area (Å²) in [6.07, 6.45) is 6.28. The van der Waals surface area contributed by atoms with Gasteiger partial charge in [-0.15, -0.1) is 0 Å². The maximum atomic E-state index is 11.0. The van der Waals surface area contributed by atoms with Crippen LogP contribution in [0.3, 0.4) is 0 Å². The van der Waals surface area contributed by atoms with Gasteiger partial charge in [0.25, 0.3) is 0 Å². The Labute approximate surface area is 116 Å². The van der Waals surface area contributed by atoms with Gasteiger partial charge >= 0.3 is 0 Å². The molecule has 2 atom stereocenters. The molecule has 0 spiro atoms. The molecule has 1 aliphatic carbocycles. The van der Waals surface area contributed by atoms with E-state index in [4.69, 9.17) is 0 Å². The van der Waals surface area contributed by atoms with Crippen molar-refractivity contribution in [1.82, 2.24) is 5.32 Å². The molecule has 1 aromatic carbocycles. The zero-order valence-corrected chi connectivity index (χ0v) is 11.9. The monoisotopic (exact) mass is 259 g/mol. The number of rotatable bonds is 3. The van der Waals surface area contributed by atoms with Crippen LogP contribution in [0.25, 0.3) is 0 Å². The Morgan fingerprint density at radius 2 is 2.05 bits per heavy atom. The topological polar surface area (TPSA) is 32.3 Å². The number of hydrogen-bond donors (Lipinski definition) is 2. The van der Waals surface area contributed by atoms with Gasteiger partial charge in [-0.1, -0.05) is 30.7 Å². The Kier molecular flexibility index (Phi) is 3.64.